The van der Waals surface area contributed by atoms with E-state index in [1.807, 2.05) is 6.92 Å². The molecule has 0 aliphatic rings. The number of rotatable bonds is 1. The Hall–Kier alpha value is -2.37. The molecule has 0 atom stereocenters. The highest BCUT2D eigenvalue weighted by atomic mass is 19.4. The van der Waals surface area contributed by atoms with Gasteiger partial charge in [-0.2, -0.15) is 18.3 Å². The molecule has 2 aromatic heterocycles. The van der Waals surface area contributed by atoms with Gasteiger partial charge in [-0.05, 0) is 31.0 Å². The van der Waals surface area contributed by atoms with Gasteiger partial charge in [-0.15, -0.1) is 0 Å². The normalized spacial score (nSPS) is 12.0. The van der Waals surface area contributed by atoms with Crippen LogP contribution >= 0.6 is 0 Å². The molecule has 2 heterocycles. The highest BCUT2D eigenvalue weighted by Crippen LogP contribution is 2.37. The lowest BCUT2D eigenvalue weighted by Gasteiger charge is -2.15. The largest absolute Gasteiger partial charge is 0.417 e. The third kappa shape index (κ3) is 2.16. The highest BCUT2D eigenvalue weighted by molar-refractivity contribution is 5.70. The first kappa shape index (κ1) is 13.6. The minimum absolute atomic E-state index is 0.0844. The highest BCUT2D eigenvalue weighted by Gasteiger charge is 2.34. The molecule has 0 radical (unpaired) electrons. The standard InChI is InChI=1S/C15H12F3N3/c1-9-10(2)14-19-7-8-21(14)20-13(9)11-5-3-4-6-12(11)15(16,17)18/h3-8H,1-2H3. The number of nitrogens with zero attached hydrogens (tertiary/aromatic N) is 3. The van der Waals surface area contributed by atoms with Crippen LogP contribution in [0.15, 0.2) is 36.7 Å². The van der Waals surface area contributed by atoms with Gasteiger partial charge in [0.25, 0.3) is 0 Å². The summed E-state index contributed by atoms with van der Waals surface area (Å²) < 4.78 is 41.0. The van der Waals surface area contributed by atoms with Crippen LogP contribution in [-0.4, -0.2) is 14.6 Å². The third-order valence-corrected chi connectivity index (χ3v) is 3.57. The summed E-state index contributed by atoms with van der Waals surface area (Å²) in [6.45, 7) is 3.60. The Labute approximate surface area is 119 Å². The van der Waals surface area contributed by atoms with Crippen LogP contribution in [0.2, 0.25) is 0 Å². The second-order valence-electron chi connectivity index (χ2n) is 4.84. The number of hydrogen-bond donors (Lipinski definition) is 0. The van der Waals surface area contributed by atoms with E-state index in [9.17, 15) is 13.2 Å². The van der Waals surface area contributed by atoms with Crippen LogP contribution < -0.4 is 0 Å². The summed E-state index contributed by atoms with van der Waals surface area (Å²) in [5.74, 6) is 0. The van der Waals surface area contributed by atoms with Crippen LogP contribution in [0, 0.1) is 13.8 Å². The van der Waals surface area contributed by atoms with Crippen molar-refractivity contribution in [1.82, 2.24) is 14.6 Å². The number of benzene rings is 1. The van der Waals surface area contributed by atoms with Crippen molar-refractivity contribution in [2.24, 2.45) is 0 Å². The van der Waals surface area contributed by atoms with Crippen LogP contribution in [-0.2, 0) is 6.18 Å². The lowest BCUT2D eigenvalue weighted by atomic mass is 9.99. The summed E-state index contributed by atoms with van der Waals surface area (Å²) in [6.07, 6.45) is -1.21. The van der Waals surface area contributed by atoms with Crippen molar-refractivity contribution in [3.63, 3.8) is 0 Å². The fraction of sp³-hybridized carbons (Fsp3) is 0.200. The van der Waals surface area contributed by atoms with E-state index in [0.717, 1.165) is 11.6 Å². The van der Waals surface area contributed by atoms with Gasteiger partial charge in [-0.25, -0.2) is 9.50 Å². The van der Waals surface area contributed by atoms with Crippen LogP contribution in [0.5, 0.6) is 0 Å². The third-order valence-electron chi connectivity index (χ3n) is 3.57. The van der Waals surface area contributed by atoms with Gasteiger partial charge in [0.1, 0.15) is 0 Å². The van der Waals surface area contributed by atoms with Gasteiger partial charge in [0.2, 0.25) is 0 Å². The van der Waals surface area contributed by atoms with Crippen molar-refractivity contribution < 1.29 is 13.2 Å². The quantitative estimate of drug-likeness (QED) is 0.677. The first-order valence-electron chi connectivity index (χ1n) is 6.36. The number of aryl methyl sites for hydroxylation is 1. The lowest BCUT2D eigenvalue weighted by molar-refractivity contribution is -0.137. The Balaban J connectivity index is 2.34. The fourth-order valence-corrected chi connectivity index (χ4v) is 2.37. The van der Waals surface area contributed by atoms with Crippen LogP contribution in [0.1, 0.15) is 16.7 Å². The second-order valence-corrected chi connectivity index (χ2v) is 4.84. The molecule has 0 bridgehead atoms. The molecule has 3 rings (SSSR count). The van der Waals surface area contributed by atoms with Crippen molar-refractivity contribution in [1.29, 1.82) is 0 Å². The van der Waals surface area contributed by atoms with E-state index in [-0.39, 0.29) is 5.56 Å². The summed E-state index contributed by atoms with van der Waals surface area (Å²) in [5, 5.41) is 4.29. The number of hydrogen-bond acceptors (Lipinski definition) is 2. The van der Waals surface area contributed by atoms with E-state index in [1.165, 1.54) is 16.6 Å². The minimum atomic E-state index is -4.41. The molecular formula is C15H12F3N3. The van der Waals surface area contributed by atoms with E-state index in [4.69, 9.17) is 0 Å². The molecule has 0 aliphatic heterocycles. The van der Waals surface area contributed by atoms with Gasteiger partial charge < -0.3 is 0 Å². The van der Waals surface area contributed by atoms with Crippen LogP contribution in [0.25, 0.3) is 16.9 Å². The van der Waals surface area contributed by atoms with Crippen molar-refractivity contribution in [2.45, 2.75) is 20.0 Å². The van der Waals surface area contributed by atoms with E-state index < -0.39 is 11.7 Å². The molecule has 1 aromatic carbocycles. The van der Waals surface area contributed by atoms with Gasteiger partial charge in [-0.1, -0.05) is 18.2 Å². The number of imidazole rings is 1. The van der Waals surface area contributed by atoms with Gasteiger partial charge in [0, 0.05) is 18.0 Å². The molecular weight excluding hydrogens is 279 g/mol. The molecule has 0 saturated carbocycles. The van der Waals surface area contributed by atoms with Gasteiger partial charge in [-0.3, -0.25) is 0 Å². The Bertz CT molecular complexity index is 819. The Morgan fingerprint density at radius 3 is 2.48 bits per heavy atom. The van der Waals surface area contributed by atoms with E-state index in [1.54, 1.807) is 25.4 Å². The van der Waals surface area contributed by atoms with Crippen LogP contribution in [0.3, 0.4) is 0 Å². The average Bonchev–Trinajstić information content (AvgIpc) is 2.90. The molecule has 108 valence electrons. The number of alkyl halides is 3. The lowest BCUT2D eigenvalue weighted by Crippen LogP contribution is -2.09. The molecule has 0 spiro atoms. The molecule has 0 N–H and O–H groups in total. The van der Waals surface area contributed by atoms with Crippen LogP contribution in [0.4, 0.5) is 13.2 Å². The number of aromatic nitrogens is 3. The first-order valence-corrected chi connectivity index (χ1v) is 6.36. The van der Waals surface area contributed by atoms with Crippen molar-refractivity contribution in [3.8, 4) is 11.3 Å². The molecule has 0 fully saturated rings. The molecule has 0 amide bonds. The average molecular weight is 291 g/mol. The van der Waals surface area contributed by atoms with Crippen molar-refractivity contribution >= 4 is 5.65 Å². The topological polar surface area (TPSA) is 30.2 Å². The van der Waals surface area contributed by atoms with Gasteiger partial charge in [0.15, 0.2) is 5.65 Å². The summed E-state index contributed by atoms with van der Waals surface area (Å²) >= 11 is 0. The van der Waals surface area contributed by atoms with E-state index in [0.29, 0.717) is 16.9 Å². The Kier molecular flexibility index (Phi) is 2.97. The Morgan fingerprint density at radius 1 is 1.05 bits per heavy atom. The van der Waals surface area contributed by atoms with Crippen molar-refractivity contribution in [2.75, 3.05) is 0 Å². The summed E-state index contributed by atoms with van der Waals surface area (Å²) in [4.78, 5) is 4.16. The monoisotopic (exact) mass is 291 g/mol. The molecule has 21 heavy (non-hydrogen) atoms. The maximum absolute atomic E-state index is 13.2. The summed E-state index contributed by atoms with van der Waals surface area (Å²) in [7, 11) is 0. The number of fused-ring (bicyclic) bond motifs is 1. The summed E-state index contributed by atoms with van der Waals surface area (Å²) in [5.41, 5.74) is 1.90. The zero-order valence-electron chi connectivity index (χ0n) is 11.4. The minimum Gasteiger partial charge on any atom is -0.235 e. The van der Waals surface area contributed by atoms with Crippen molar-refractivity contribution in [3.05, 3.63) is 53.3 Å². The molecule has 0 saturated heterocycles. The molecule has 3 aromatic rings. The number of halogens is 3. The fourth-order valence-electron chi connectivity index (χ4n) is 2.37. The maximum atomic E-state index is 13.2. The predicted molar refractivity (Wildman–Crippen MR) is 72.9 cm³/mol. The SMILES string of the molecule is Cc1c(-c2ccccc2C(F)(F)F)nn2ccnc2c1C. The molecule has 6 heteroatoms. The first-order chi connectivity index (χ1) is 9.89. The maximum Gasteiger partial charge on any atom is 0.417 e. The zero-order chi connectivity index (χ0) is 15.2. The molecule has 3 nitrogen and oxygen atoms in total. The van der Waals surface area contributed by atoms with Gasteiger partial charge in [0.05, 0.1) is 11.3 Å². The Morgan fingerprint density at radius 2 is 1.76 bits per heavy atom. The van der Waals surface area contributed by atoms with E-state index >= 15 is 0 Å². The predicted octanol–water partition coefficient (Wildman–Crippen LogP) is 4.03. The smallest absolute Gasteiger partial charge is 0.235 e. The van der Waals surface area contributed by atoms with Gasteiger partial charge >= 0.3 is 6.18 Å². The molecule has 0 aliphatic carbocycles. The second kappa shape index (κ2) is 4.58. The zero-order valence-corrected chi connectivity index (χ0v) is 11.4. The van der Waals surface area contributed by atoms with E-state index in [2.05, 4.69) is 10.1 Å². The summed E-state index contributed by atoms with van der Waals surface area (Å²) in [6, 6.07) is 5.48. The molecule has 0 unspecified atom stereocenters.